The number of hydrogen-bond donors (Lipinski definition) is 2. The molecular weight excluding hydrogens is 356 g/mol. The predicted octanol–water partition coefficient (Wildman–Crippen LogP) is 3.34. The van der Waals surface area contributed by atoms with Crippen LogP contribution in [0.15, 0.2) is 53.4 Å². The van der Waals surface area contributed by atoms with Crippen molar-refractivity contribution >= 4 is 33.4 Å². The predicted molar refractivity (Wildman–Crippen MR) is 103 cm³/mol. The minimum Gasteiger partial charge on any atom is -0.349 e. The number of hydrogen-bond acceptors (Lipinski definition) is 4. The molecule has 2 N–H and O–H groups in total. The van der Waals surface area contributed by atoms with E-state index in [1.165, 1.54) is 11.8 Å². The molecule has 1 amide bonds. The van der Waals surface area contributed by atoms with Crippen molar-refractivity contribution in [2.24, 2.45) is 0 Å². The van der Waals surface area contributed by atoms with Crippen LogP contribution in [0.4, 0.5) is 5.69 Å². The normalized spacial score (nSPS) is 12.4. The largest absolute Gasteiger partial charge is 0.349 e. The number of thioether (sulfide) groups is 1. The highest BCUT2D eigenvalue weighted by atomic mass is 32.2. The summed E-state index contributed by atoms with van der Waals surface area (Å²) in [5.41, 5.74) is 2.46. The van der Waals surface area contributed by atoms with E-state index in [1.807, 2.05) is 44.2 Å². The highest BCUT2D eigenvalue weighted by molar-refractivity contribution is 8.00. The van der Waals surface area contributed by atoms with Gasteiger partial charge in [-0.05, 0) is 43.2 Å². The van der Waals surface area contributed by atoms with Gasteiger partial charge in [-0.2, -0.15) is 0 Å². The Bertz CT molecular complexity index is 851. The molecule has 0 spiro atoms. The highest BCUT2D eigenvalue weighted by Crippen LogP contribution is 2.22. The van der Waals surface area contributed by atoms with Crippen LogP contribution in [0, 0.1) is 6.92 Å². The average Bonchev–Trinajstić information content (AvgIpc) is 2.52. The van der Waals surface area contributed by atoms with E-state index in [2.05, 4.69) is 10.0 Å². The molecule has 5 nitrogen and oxygen atoms in total. The third-order valence-electron chi connectivity index (χ3n) is 3.52. The van der Waals surface area contributed by atoms with Crippen LogP contribution in [0.3, 0.4) is 0 Å². The summed E-state index contributed by atoms with van der Waals surface area (Å²) < 4.78 is 25.1. The van der Waals surface area contributed by atoms with Gasteiger partial charge in [-0.15, -0.1) is 11.8 Å². The van der Waals surface area contributed by atoms with Crippen molar-refractivity contribution in [3.05, 3.63) is 59.7 Å². The van der Waals surface area contributed by atoms with Gasteiger partial charge in [0.05, 0.1) is 18.1 Å². The van der Waals surface area contributed by atoms with Gasteiger partial charge in [0.1, 0.15) is 0 Å². The molecule has 0 saturated heterocycles. The Morgan fingerprint density at radius 1 is 1.16 bits per heavy atom. The molecule has 134 valence electrons. The first-order valence-corrected chi connectivity index (χ1v) is 10.7. The van der Waals surface area contributed by atoms with Gasteiger partial charge in [0.25, 0.3) is 0 Å². The Hall–Kier alpha value is -1.99. The molecule has 1 atom stereocenters. The third-order valence-corrected chi connectivity index (χ3v) is 5.30. The van der Waals surface area contributed by atoms with E-state index in [0.717, 1.165) is 22.3 Å². The lowest BCUT2D eigenvalue weighted by Crippen LogP contribution is -2.28. The summed E-state index contributed by atoms with van der Waals surface area (Å²) in [4.78, 5) is 13.3. The molecule has 0 aromatic heterocycles. The summed E-state index contributed by atoms with van der Waals surface area (Å²) in [5, 5.41) is 2.94. The van der Waals surface area contributed by atoms with Gasteiger partial charge in [0.2, 0.25) is 15.9 Å². The molecule has 7 heteroatoms. The molecule has 0 aliphatic rings. The lowest BCUT2D eigenvalue weighted by atomic mass is 10.1. The van der Waals surface area contributed by atoms with Crippen LogP contribution in [0.1, 0.15) is 24.1 Å². The van der Waals surface area contributed by atoms with Gasteiger partial charge >= 0.3 is 0 Å². The van der Waals surface area contributed by atoms with Crippen LogP contribution in [0.25, 0.3) is 0 Å². The first-order chi connectivity index (χ1) is 11.7. The molecule has 2 aromatic rings. The summed E-state index contributed by atoms with van der Waals surface area (Å²) in [6.45, 7) is 3.89. The minimum atomic E-state index is -3.33. The van der Waals surface area contributed by atoms with Crippen molar-refractivity contribution in [2.45, 2.75) is 24.8 Å². The van der Waals surface area contributed by atoms with Gasteiger partial charge in [-0.1, -0.05) is 30.3 Å². The van der Waals surface area contributed by atoms with Crippen LogP contribution in [-0.2, 0) is 14.8 Å². The number of carbonyl (C=O) groups excluding carboxylic acids is 1. The van der Waals surface area contributed by atoms with Gasteiger partial charge in [-0.25, -0.2) is 8.42 Å². The molecule has 2 rings (SSSR count). The molecular formula is C18H22N2O3S2. The van der Waals surface area contributed by atoms with Crippen molar-refractivity contribution in [2.75, 3.05) is 16.7 Å². The second-order valence-electron chi connectivity index (χ2n) is 5.84. The Labute approximate surface area is 153 Å². The van der Waals surface area contributed by atoms with Crippen molar-refractivity contribution in [1.82, 2.24) is 5.32 Å². The number of aryl methyl sites for hydroxylation is 1. The summed E-state index contributed by atoms with van der Waals surface area (Å²) in [6, 6.07) is 14.7. The monoisotopic (exact) mass is 378 g/mol. The second-order valence-corrected chi connectivity index (χ2v) is 8.61. The summed E-state index contributed by atoms with van der Waals surface area (Å²) in [7, 11) is -3.33. The molecule has 0 heterocycles. The molecule has 0 radical (unpaired) electrons. The summed E-state index contributed by atoms with van der Waals surface area (Å²) >= 11 is 1.50. The highest BCUT2D eigenvalue weighted by Gasteiger charge is 2.12. The molecule has 0 fully saturated rings. The van der Waals surface area contributed by atoms with E-state index in [4.69, 9.17) is 0 Å². The van der Waals surface area contributed by atoms with Crippen LogP contribution in [0.5, 0.6) is 0 Å². The smallest absolute Gasteiger partial charge is 0.230 e. The average molecular weight is 379 g/mol. The number of anilines is 1. The zero-order valence-electron chi connectivity index (χ0n) is 14.4. The first kappa shape index (κ1) is 19.3. The maximum atomic E-state index is 12.2. The number of rotatable bonds is 7. The fraction of sp³-hybridized carbons (Fsp3) is 0.278. The first-order valence-electron chi connectivity index (χ1n) is 7.80. The maximum Gasteiger partial charge on any atom is 0.230 e. The third kappa shape index (κ3) is 6.43. The van der Waals surface area contributed by atoms with Crippen LogP contribution in [-0.4, -0.2) is 26.3 Å². The van der Waals surface area contributed by atoms with Gasteiger partial charge in [-0.3, -0.25) is 9.52 Å². The molecule has 25 heavy (non-hydrogen) atoms. The van der Waals surface area contributed by atoms with Gasteiger partial charge in [0, 0.05) is 10.6 Å². The van der Waals surface area contributed by atoms with Crippen LogP contribution in [0.2, 0.25) is 0 Å². The van der Waals surface area contributed by atoms with E-state index in [-0.39, 0.29) is 11.9 Å². The van der Waals surface area contributed by atoms with E-state index in [0.29, 0.717) is 11.4 Å². The fourth-order valence-electron chi connectivity index (χ4n) is 2.31. The maximum absolute atomic E-state index is 12.2. The Kier molecular flexibility index (Phi) is 6.50. The molecule has 0 saturated carbocycles. The van der Waals surface area contributed by atoms with Crippen LogP contribution < -0.4 is 10.0 Å². The summed E-state index contributed by atoms with van der Waals surface area (Å²) in [6.07, 6.45) is 1.10. The molecule has 2 aromatic carbocycles. The number of benzene rings is 2. The van der Waals surface area contributed by atoms with E-state index in [1.54, 1.807) is 18.2 Å². The van der Waals surface area contributed by atoms with E-state index < -0.39 is 10.0 Å². The SMILES string of the molecule is Cc1ccccc1SCC(=O)NC(C)c1cccc(NS(C)(=O)=O)c1. The standard InChI is InChI=1S/C18H22N2O3S2/c1-13-7-4-5-10-17(13)24-12-18(21)19-14(2)15-8-6-9-16(11-15)20-25(3,22)23/h4-11,14,20H,12H2,1-3H3,(H,19,21). The van der Waals surface area contributed by atoms with E-state index in [9.17, 15) is 13.2 Å². The Morgan fingerprint density at radius 2 is 1.88 bits per heavy atom. The topological polar surface area (TPSA) is 75.3 Å². The van der Waals surface area contributed by atoms with Crippen molar-refractivity contribution in [3.63, 3.8) is 0 Å². The number of nitrogens with one attached hydrogen (secondary N) is 2. The zero-order valence-corrected chi connectivity index (χ0v) is 16.1. The van der Waals surface area contributed by atoms with Crippen molar-refractivity contribution < 1.29 is 13.2 Å². The number of amides is 1. The number of sulfonamides is 1. The molecule has 0 bridgehead atoms. The van der Waals surface area contributed by atoms with E-state index >= 15 is 0 Å². The quantitative estimate of drug-likeness (QED) is 0.725. The Balaban J connectivity index is 1.95. The second kappa shape index (κ2) is 8.40. The van der Waals surface area contributed by atoms with Gasteiger partial charge < -0.3 is 5.32 Å². The minimum absolute atomic E-state index is 0.0674. The van der Waals surface area contributed by atoms with Crippen molar-refractivity contribution in [3.8, 4) is 0 Å². The Morgan fingerprint density at radius 3 is 2.56 bits per heavy atom. The lowest BCUT2D eigenvalue weighted by Gasteiger charge is -2.16. The molecule has 1 unspecified atom stereocenters. The van der Waals surface area contributed by atoms with Gasteiger partial charge in [0.15, 0.2) is 0 Å². The number of carbonyl (C=O) groups is 1. The lowest BCUT2D eigenvalue weighted by molar-refractivity contribution is -0.119. The fourth-order valence-corrected chi connectivity index (χ4v) is 3.71. The molecule has 0 aliphatic heterocycles. The molecule has 0 aliphatic carbocycles. The van der Waals surface area contributed by atoms with Crippen molar-refractivity contribution in [1.29, 1.82) is 0 Å². The summed E-state index contributed by atoms with van der Waals surface area (Å²) in [5.74, 6) is 0.262. The zero-order chi connectivity index (χ0) is 18.4. The van der Waals surface area contributed by atoms with Crippen LogP contribution >= 0.6 is 11.8 Å².